The van der Waals surface area contributed by atoms with Crippen molar-refractivity contribution in [3.8, 4) is 39.1 Å². The number of nitrogens with zero attached hydrogens (tertiary/aromatic N) is 1. The van der Waals surface area contributed by atoms with Gasteiger partial charge in [0.25, 0.3) is 0 Å². The van der Waals surface area contributed by atoms with Crippen LogP contribution in [-0.2, 0) is 5.41 Å². The quantitative estimate of drug-likeness (QED) is 0.116. The van der Waals surface area contributed by atoms with Crippen LogP contribution in [0.1, 0.15) is 44.9 Å². The van der Waals surface area contributed by atoms with Crippen molar-refractivity contribution in [2.24, 2.45) is 0 Å². The Balaban J connectivity index is 1.02. The molecule has 1 aliphatic carbocycles. The number of para-hydroxylation sites is 2. The highest BCUT2D eigenvalue weighted by atomic mass is 28.3. The van der Waals surface area contributed by atoms with Crippen LogP contribution in [0.4, 0.5) is 0 Å². The standard InChI is InChI=1S/C68H45NSi/c1-3-21-48(22-4-1)68(59-32-13-7-26-51(59)52-27-8-14-33-60(52)68)49-23-19-20-45(42-49)67(46-39-41-62-58(43-46)53-28-9-15-34-61(53)69(62)50-24-5-2-6-25-50)47-38-40-57-56-31-12-18-37-65(56)70(66(57)44-47)63-35-16-10-29-54(63)55-30-11-17-36-64(55)70/h1-44,67H. The van der Waals surface area contributed by atoms with Crippen molar-refractivity contribution in [3.63, 3.8) is 0 Å². The van der Waals surface area contributed by atoms with Gasteiger partial charge in [-0.2, -0.15) is 0 Å². The maximum absolute atomic E-state index is 2.72. The average Bonchev–Trinajstić information content (AvgIpc) is 4.13. The second-order valence-electron chi connectivity index (χ2n) is 19.4. The zero-order valence-corrected chi connectivity index (χ0v) is 39.4. The number of hydrogen-bond donors (Lipinski definition) is 0. The van der Waals surface area contributed by atoms with Gasteiger partial charge in [0.05, 0.1) is 16.4 Å². The highest BCUT2D eigenvalue weighted by Gasteiger charge is 2.54. The maximum Gasteiger partial charge on any atom is 0.182 e. The van der Waals surface area contributed by atoms with Gasteiger partial charge in [-0.25, -0.2) is 0 Å². The number of fused-ring (bicyclic) bond motifs is 16. The highest BCUT2D eigenvalue weighted by molar-refractivity contribution is 7.24. The Morgan fingerprint density at radius 2 is 0.771 bits per heavy atom. The minimum absolute atomic E-state index is 0.0881. The molecule has 1 aromatic heterocycles. The first kappa shape index (κ1) is 39.4. The van der Waals surface area contributed by atoms with Crippen molar-refractivity contribution in [2.75, 3.05) is 0 Å². The average molecular weight is 904 g/mol. The summed E-state index contributed by atoms with van der Waals surface area (Å²) in [5, 5.41) is 8.50. The summed E-state index contributed by atoms with van der Waals surface area (Å²) in [6.45, 7) is 0. The summed E-state index contributed by atoms with van der Waals surface area (Å²) in [7, 11) is -2.72. The van der Waals surface area contributed by atoms with E-state index in [4.69, 9.17) is 0 Å². The SMILES string of the molecule is c1ccc(-n2c3ccccc3c3cc(C(c4cccc(C5(c6ccccc6)c6ccccc6-c6ccccc65)c4)c4ccc5c(c4)[Si]4(c6ccccc6-c6ccccc64)c4ccccc4-5)ccc32)cc1. The Labute approximate surface area is 409 Å². The van der Waals surface area contributed by atoms with Crippen LogP contribution < -0.4 is 20.7 Å². The van der Waals surface area contributed by atoms with Crippen molar-refractivity contribution in [1.82, 2.24) is 4.57 Å². The summed E-state index contributed by atoms with van der Waals surface area (Å²) in [6.07, 6.45) is 0. The zero-order chi connectivity index (χ0) is 46.0. The van der Waals surface area contributed by atoms with E-state index in [1.807, 2.05) is 0 Å². The third-order valence-electron chi connectivity index (χ3n) is 16.2. The Morgan fingerprint density at radius 3 is 1.43 bits per heavy atom. The van der Waals surface area contributed by atoms with Crippen molar-refractivity contribution in [1.29, 1.82) is 0 Å². The normalized spacial score (nSPS) is 14.5. The lowest BCUT2D eigenvalue weighted by Gasteiger charge is -2.34. The van der Waals surface area contributed by atoms with E-state index in [1.54, 1.807) is 0 Å². The van der Waals surface area contributed by atoms with E-state index in [-0.39, 0.29) is 5.92 Å². The number of rotatable bonds is 6. The van der Waals surface area contributed by atoms with Crippen LogP contribution >= 0.6 is 0 Å². The zero-order valence-electron chi connectivity index (χ0n) is 38.4. The molecule has 12 aromatic rings. The lowest BCUT2D eigenvalue weighted by atomic mass is 9.67. The predicted octanol–water partition coefficient (Wildman–Crippen LogP) is 13.7. The topological polar surface area (TPSA) is 4.93 Å². The number of aromatic nitrogens is 1. The van der Waals surface area contributed by atoms with E-state index in [9.17, 15) is 0 Å². The van der Waals surface area contributed by atoms with E-state index in [0.29, 0.717) is 0 Å². The largest absolute Gasteiger partial charge is 0.309 e. The van der Waals surface area contributed by atoms with Gasteiger partial charge in [0, 0.05) is 22.4 Å². The summed E-state index contributed by atoms with van der Waals surface area (Å²) in [6, 6.07) is 102. The molecule has 1 atom stereocenters. The second-order valence-corrected chi connectivity index (χ2v) is 23.1. The number of hydrogen-bond acceptors (Lipinski definition) is 0. The first-order valence-electron chi connectivity index (χ1n) is 24.6. The predicted molar refractivity (Wildman–Crippen MR) is 294 cm³/mol. The van der Waals surface area contributed by atoms with Crippen molar-refractivity contribution >= 4 is 50.6 Å². The smallest absolute Gasteiger partial charge is 0.182 e. The van der Waals surface area contributed by atoms with Gasteiger partial charge in [-0.3, -0.25) is 0 Å². The van der Waals surface area contributed by atoms with Crippen LogP contribution in [0.5, 0.6) is 0 Å². The molecule has 0 fully saturated rings. The van der Waals surface area contributed by atoms with Crippen LogP contribution in [-0.4, -0.2) is 12.6 Å². The monoisotopic (exact) mass is 903 g/mol. The first-order chi connectivity index (χ1) is 34.7. The molecule has 3 aliphatic rings. The van der Waals surface area contributed by atoms with Gasteiger partial charge in [0.1, 0.15) is 0 Å². The Bertz CT molecular complexity index is 3980. The fraction of sp³-hybridized carbons (Fsp3) is 0.0294. The molecule has 0 saturated heterocycles. The summed E-state index contributed by atoms with van der Waals surface area (Å²) < 4.78 is 2.43. The third kappa shape index (κ3) is 5.21. The fourth-order valence-electron chi connectivity index (χ4n) is 13.6. The van der Waals surface area contributed by atoms with Gasteiger partial charge in [-0.05, 0) is 123 Å². The van der Waals surface area contributed by atoms with Gasteiger partial charge in [0.2, 0.25) is 0 Å². The van der Waals surface area contributed by atoms with Crippen LogP contribution in [0.2, 0.25) is 0 Å². The van der Waals surface area contributed by atoms with Gasteiger partial charge < -0.3 is 4.57 Å². The van der Waals surface area contributed by atoms with Crippen molar-refractivity contribution < 1.29 is 0 Å². The van der Waals surface area contributed by atoms with Crippen LogP contribution in [0.3, 0.4) is 0 Å². The molecule has 0 N–H and O–H groups in total. The molecule has 3 heterocycles. The molecule has 2 aliphatic heterocycles. The number of benzene rings is 11. The van der Waals surface area contributed by atoms with Gasteiger partial charge in [-0.15, -0.1) is 0 Å². The molecule has 0 amide bonds. The summed E-state index contributed by atoms with van der Waals surface area (Å²) in [5.74, 6) is -0.0881. The summed E-state index contributed by atoms with van der Waals surface area (Å²) >= 11 is 0. The van der Waals surface area contributed by atoms with Crippen molar-refractivity contribution in [3.05, 3.63) is 306 Å². The van der Waals surface area contributed by atoms with Gasteiger partial charge in [0.15, 0.2) is 8.07 Å². The Morgan fingerprint density at radius 1 is 0.300 bits per heavy atom. The molecular formula is C68H45NSi. The molecule has 2 heteroatoms. The molecular weight excluding hydrogens is 859 g/mol. The molecule has 1 unspecified atom stereocenters. The fourth-order valence-corrected chi connectivity index (χ4v) is 19.2. The van der Waals surface area contributed by atoms with Crippen LogP contribution in [0.25, 0.3) is 60.9 Å². The Kier molecular flexibility index (Phi) is 8.43. The molecule has 0 bridgehead atoms. The lowest BCUT2D eigenvalue weighted by molar-refractivity contribution is 0.764. The highest BCUT2D eigenvalue weighted by Crippen LogP contribution is 2.56. The summed E-state index contributed by atoms with van der Waals surface area (Å²) in [5.41, 5.74) is 20.2. The molecule has 1 nitrogen and oxygen atoms in total. The van der Waals surface area contributed by atoms with E-state index in [1.165, 1.54) is 121 Å². The lowest BCUT2D eigenvalue weighted by Crippen LogP contribution is -2.70. The van der Waals surface area contributed by atoms with E-state index >= 15 is 0 Å². The van der Waals surface area contributed by atoms with Crippen LogP contribution in [0.15, 0.2) is 267 Å². The van der Waals surface area contributed by atoms with E-state index < -0.39 is 13.5 Å². The minimum atomic E-state index is -2.72. The minimum Gasteiger partial charge on any atom is -0.309 e. The third-order valence-corrected chi connectivity index (χ3v) is 21.2. The maximum atomic E-state index is 2.66. The van der Waals surface area contributed by atoms with Gasteiger partial charge in [-0.1, -0.05) is 237 Å². The molecule has 70 heavy (non-hydrogen) atoms. The molecule has 15 rings (SSSR count). The molecule has 1 spiro atoms. The van der Waals surface area contributed by atoms with Crippen LogP contribution in [0, 0.1) is 0 Å². The second kappa shape index (κ2) is 15.0. The van der Waals surface area contributed by atoms with E-state index in [0.717, 1.165) is 0 Å². The molecule has 11 aromatic carbocycles. The summed E-state index contributed by atoms with van der Waals surface area (Å²) in [4.78, 5) is 0. The first-order valence-corrected chi connectivity index (χ1v) is 26.6. The molecule has 0 saturated carbocycles. The molecule has 0 radical (unpaired) electrons. The Hall–Kier alpha value is -8.56. The van der Waals surface area contributed by atoms with E-state index in [2.05, 4.69) is 271 Å². The molecule has 326 valence electrons. The van der Waals surface area contributed by atoms with Gasteiger partial charge >= 0.3 is 0 Å². The van der Waals surface area contributed by atoms with Crippen molar-refractivity contribution in [2.45, 2.75) is 11.3 Å².